The normalized spacial score (nSPS) is 11.8. The summed E-state index contributed by atoms with van der Waals surface area (Å²) < 4.78 is 4.26. The van der Waals surface area contributed by atoms with Gasteiger partial charge in [-0.05, 0) is 186 Å². The van der Waals surface area contributed by atoms with Crippen molar-refractivity contribution in [3.8, 4) is 0 Å². The molecule has 0 unspecified atom stereocenters. The molecule has 492 valence electrons. The second-order valence-corrected chi connectivity index (χ2v) is 23.4. The molecule has 0 spiro atoms. The Morgan fingerprint density at radius 2 is 0.688 bits per heavy atom. The van der Waals surface area contributed by atoms with Crippen LogP contribution in [0.4, 0.5) is 34.1 Å². The molecule has 4 heterocycles. The number of hydrogen-bond donors (Lipinski definition) is 8. The van der Waals surface area contributed by atoms with E-state index in [1.807, 2.05) is 164 Å². The molecule has 20 nitrogen and oxygen atoms in total. The Labute approximate surface area is 558 Å². The van der Waals surface area contributed by atoms with Crippen LogP contribution in [0, 0.1) is 0 Å². The van der Waals surface area contributed by atoms with E-state index in [-0.39, 0.29) is 41.4 Å². The molecule has 8 amide bonds. The Hall–Kier alpha value is -11.8. The Bertz CT molecular complexity index is 4460. The summed E-state index contributed by atoms with van der Waals surface area (Å²) >= 11 is 0. The van der Waals surface area contributed by atoms with Gasteiger partial charge in [-0.25, -0.2) is 0 Å². The van der Waals surface area contributed by atoms with Gasteiger partial charge < -0.3 is 61.9 Å². The lowest BCUT2D eigenvalue weighted by Crippen LogP contribution is -2.29. The maximum Gasteiger partial charge on any atom is 0.251 e. The van der Waals surface area contributed by atoms with Crippen molar-refractivity contribution < 1.29 is 38.4 Å². The van der Waals surface area contributed by atoms with E-state index in [2.05, 4.69) is 74.4 Å². The van der Waals surface area contributed by atoms with E-state index >= 15 is 0 Å². The fourth-order valence-corrected chi connectivity index (χ4v) is 11.6. The SMILES string of the molecule is CC(=O)Nc1ccc2c(ccn2Cc2ccc(C(N)=O)cc2)c1.CNC(=O)c1ccc(CN2CCCc3cc(NC(C)=O)ccc32)cc1.CNC(=O)c1ccc(CN2CCc3cc(NC(C)=O)ccc32)cc1.CNC(=O)c1ccc(Cn2ccc3cc(NC(C)=O)ccc32)cc1. The number of amides is 8. The number of carbonyl (C=O) groups is 8. The highest BCUT2D eigenvalue weighted by Crippen LogP contribution is 2.33. The van der Waals surface area contributed by atoms with Crippen molar-refractivity contribution in [3.63, 3.8) is 0 Å². The molecule has 0 radical (unpaired) electrons. The van der Waals surface area contributed by atoms with Gasteiger partial charge >= 0.3 is 0 Å². The molecule has 2 aromatic heterocycles. The number of hydrogen-bond acceptors (Lipinski definition) is 10. The molecule has 0 atom stereocenters. The summed E-state index contributed by atoms with van der Waals surface area (Å²) in [4.78, 5) is 95.2. The second kappa shape index (κ2) is 32.2. The summed E-state index contributed by atoms with van der Waals surface area (Å²) in [6, 6.07) is 58.1. The zero-order valence-corrected chi connectivity index (χ0v) is 55.0. The quantitative estimate of drug-likeness (QED) is 0.0453. The summed E-state index contributed by atoms with van der Waals surface area (Å²) in [5.41, 5.74) is 22.7. The van der Waals surface area contributed by atoms with Crippen molar-refractivity contribution >= 4 is 103 Å². The number of nitrogens with two attached hydrogens (primary N) is 1. The summed E-state index contributed by atoms with van der Waals surface area (Å²) in [5, 5.41) is 21.3. The number of nitrogens with zero attached hydrogens (tertiary/aromatic N) is 4. The highest BCUT2D eigenvalue weighted by molar-refractivity contribution is 5.97. The average Bonchev–Trinajstić information content (AvgIpc) is 1.43. The number of rotatable bonds is 16. The lowest BCUT2D eigenvalue weighted by Gasteiger charge is -2.32. The van der Waals surface area contributed by atoms with E-state index in [0.717, 1.165) is 108 Å². The van der Waals surface area contributed by atoms with Crippen LogP contribution in [0.25, 0.3) is 21.8 Å². The number of fused-ring (bicyclic) bond motifs is 4. The molecule has 2 aliphatic heterocycles. The van der Waals surface area contributed by atoms with Gasteiger partial charge in [0.15, 0.2) is 0 Å². The Balaban J connectivity index is 0.000000150. The van der Waals surface area contributed by atoms with Crippen LogP contribution in [0.1, 0.15) is 109 Å². The van der Waals surface area contributed by atoms with Crippen LogP contribution < -0.4 is 52.8 Å². The van der Waals surface area contributed by atoms with E-state index in [0.29, 0.717) is 28.8 Å². The number of anilines is 6. The van der Waals surface area contributed by atoms with Crippen LogP contribution in [-0.2, 0) is 58.2 Å². The minimum Gasteiger partial charge on any atom is -0.367 e. The standard InChI is InChI=1S/C20H23N3O2.C19H21N3O2.C19H19N3O2.C18H17N3O2/c1-14(24)22-18-9-10-19-17(12-18)4-3-11-23(19)13-15-5-7-16(8-6-15)20(25)21-2;2*1-13(23)21-17-7-8-18-16(11-17)9-10-22(18)12-14-3-5-15(6-4-14)19(24)20-2;1-12(22)20-16-6-7-17-15(10-16)8-9-21(17)11-13-2-4-14(5-3-13)18(19)23/h5-10,12H,3-4,11,13H2,1-2H3,(H,21,25)(H,22,24);3-8,11H,9-10,12H2,1-2H3,(H,20,24)(H,21,23);3-11H,12H2,1-2H3,(H,20,24)(H,21,23);2-10H,11H2,1H3,(H2,19,23)(H,20,22). The highest BCUT2D eigenvalue weighted by Gasteiger charge is 2.21. The molecule has 10 aromatic rings. The first-order valence-corrected chi connectivity index (χ1v) is 31.6. The van der Waals surface area contributed by atoms with Gasteiger partial charge in [0.05, 0.1) is 0 Å². The van der Waals surface area contributed by atoms with E-state index in [1.165, 1.54) is 61.3 Å². The topological polar surface area (TPSA) is 263 Å². The van der Waals surface area contributed by atoms with Gasteiger partial charge in [-0.1, -0.05) is 48.5 Å². The van der Waals surface area contributed by atoms with Crippen molar-refractivity contribution in [1.29, 1.82) is 0 Å². The fourth-order valence-electron chi connectivity index (χ4n) is 11.6. The molecular weight excluding hydrogens is 1210 g/mol. The van der Waals surface area contributed by atoms with Gasteiger partial charge in [-0.2, -0.15) is 0 Å². The lowest BCUT2D eigenvalue weighted by atomic mass is 10.00. The average molecular weight is 1290 g/mol. The lowest BCUT2D eigenvalue weighted by molar-refractivity contribution is -0.115. The summed E-state index contributed by atoms with van der Waals surface area (Å²) in [7, 11) is 4.89. The monoisotopic (exact) mass is 1290 g/mol. The number of aryl methyl sites for hydroxylation is 1. The van der Waals surface area contributed by atoms with Crippen molar-refractivity contribution in [2.75, 3.05) is 65.3 Å². The van der Waals surface area contributed by atoms with Crippen LogP contribution >= 0.6 is 0 Å². The molecule has 0 saturated carbocycles. The molecule has 8 aromatic carbocycles. The second-order valence-electron chi connectivity index (χ2n) is 23.4. The van der Waals surface area contributed by atoms with Gasteiger partial charge in [0, 0.05) is 179 Å². The van der Waals surface area contributed by atoms with Gasteiger partial charge in [-0.15, -0.1) is 0 Å². The summed E-state index contributed by atoms with van der Waals surface area (Å²) in [6.45, 7) is 11.0. The van der Waals surface area contributed by atoms with Crippen molar-refractivity contribution in [3.05, 3.63) is 250 Å². The van der Waals surface area contributed by atoms with Crippen LogP contribution in [0.3, 0.4) is 0 Å². The third kappa shape index (κ3) is 18.5. The van der Waals surface area contributed by atoms with Crippen molar-refractivity contribution in [1.82, 2.24) is 25.1 Å². The van der Waals surface area contributed by atoms with Crippen molar-refractivity contribution in [2.45, 2.75) is 73.1 Å². The first-order chi connectivity index (χ1) is 46.2. The van der Waals surface area contributed by atoms with E-state index < -0.39 is 5.91 Å². The molecule has 0 fully saturated rings. The smallest absolute Gasteiger partial charge is 0.251 e. The zero-order chi connectivity index (χ0) is 68.4. The van der Waals surface area contributed by atoms with Crippen molar-refractivity contribution in [2.24, 2.45) is 5.73 Å². The minimum atomic E-state index is -0.423. The number of benzene rings is 8. The minimum absolute atomic E-state index is 0.0520. The van der Waals surface area contributed by atoms with Gasteiger partial charge in [-0.3, -0.25) is 38.4 Å². The molecular formula is C76H80N12O8. The molecule has 9 N–H and O–H groups in total. The predicted molar refractivity (Wildman–Crippen MR) is 381 cm³/mol. The van der Waals surface area contributed by atoms with Gasteiger partial charge in [0.1, 0.15) is 0 Å². The third-order valence-electron chi connectivity index (χ3n) is 16.2. The highest BCUT2D eigenvalue weighted by atomic mass is 16.2. The Morgan fingerprint density at radius 3 is 1.04 bits per heavy atom. The molecule has 0 aliphatic carbocycles. The number of nitrogens with one attached hydrogen (secondary N) is 7. The zero-order valence-electron chi connectivity index (χ0n) is 55.0. The summed E-state index contributed by atoms with van der Waals surface area (Å²) in [5.74, 6) is -0.918. The number of primary amides is 1. The molecule has 0 bridgehead atoms. The first-order valence-electron chi connectivity index (χ1n) is 31.6. The Morgan fingerprint density at radius 1 is 0.365 bits per heavy atom. The predicted octanol–water partition coefficient (Wildman–Crippen LogP) is 11.3. The molecule has 20 heteroatoms. The van der Waals surface area contributed by atoms with Crippen LogP contribution in [0.15, 0.2) is 194 Å². The van der Waals surface area contributed by atoms with E-state index in [4.69, 9.17) is 5.73 Å². The third-order valence-corrected chi connectivity index (χ3v) is 16.2. The van der Waals surface area contributed by atoms with E-state index in [9.17, 15) is 38.4 Å². The van der Waals surface area contributed by atoms with Crippen LogP contribution in [0.2, 0.25) is 0 Å². The van der Waals surface area contributed by atoms with Crippen LogP contribution in [0.5, 0.6) is 0 Å². The molecule has 12 rings (SSSR count). The van der Waals surface area contributed by atoms with Crippen LogP contribution in [-0.4, -0.2) is 90.6 Å². The Kier molecular flexibility index (Phi) is 23.0. The van der Waals surface area contributed by atoms with Gasteiger partial charge in [0.25, 0.3) is 17.7 Å². The van der Waals surface area contributed by atoms with Gasteiger partial charge in [0.2, 0.25) is 29.5 Å². The molecule has 2 aliphatic rings. The number of carbonyl (C=O) groups excluding carboxylic acids is 8. The summed E-state index contributed by atoms with van der Waals surface area (Å²) in [6.07, 6.45) is 7.11. The fraction of sp³-hybridized carbons (Fsp3) is 0.211. The first kappa shape index (κ1) is 68.6. The largest absolute Gasteiger partial charge is 0.367 e. The molecule has 96 heavy (non-hydrogen) atoms. The number of aromatic nitrogens is 2. The van der Waals surface area contributed by atoms with E-state index in [1.54, 1.807) is 33.3 Å². The molecule has 0 saturated heterocycles. The maximum atomic E-state index is 11.6. The maximum absolute atomic E-state index is 11.6.